The summed E-state index contributed by atoms with van der Waals surface area (Å²) in [6.45, 7) is 1.59. The SMILES string of the molecule is COc1cc([C@H](N)C2CCOCC2)cc(OC)c1Br.Cl. The van der Waals surface area contributed by atoms with Crippen molar-refractivity contribution in [2.45, 2.75) is 18.9 Å². The van der Waals surface area contributed by atoms with Gasteiger partial charge in [0.15, 0.2) is 0 Å². The third-order valence-corrected chi connectivity index (χ3v) is 4.41. The first-order valence-electron chi connectivity index (χ1n) is 6.42. The Morgan fingerprint density at radius 1 is 1.20 bits per heavy atom. The van der Waals surface area contributed by atoms with E-state index in [0.717, 1.165) is 47.6 Å². The molecule has 6 heteroatoms. The number of hydrogen-bond donors (Lipinski definition) is 1. The van der Waals surface area contributed by atoms with Crippen molar-refractivity contribution in [3.8, 4) is 11.5 Å². The Kier molecular flexibility index (Phi) is 7.09. The standard InChI is InChI=1S/C14H20BrNO3.ClH/c1-17-11-7-10(8-12(18-2)13(11)15)14(16)9-3-5-19-6-4-9;/h7-9,14H,3-6,16H2,1-2H3;1H/t14-;/m1./s1. The van der Waals surface area contributed by atoms with E-state index in [4.69, 9.17) is 19.9 Å². The van der Waals surface area contributed by atoms with Crippen molar-refractivity contribution >= 4 is 28.3 Å². The fourth-order valence-electron chi connectivity index (χ4n) is 2.43. The zero-order valence-corrected chi connectivity index (χ0v) is 14.1. The molecule has 1 heterocycles. The van der Waals surface area contributed by atoms with E-state index in [1.54, 1.807) is 14.2 Å². The quantitative estimate of drug-likeness (QED) is 0.888. The van der Waals surface area contributed by atoms with Gasteiger partial charge in [-0.15, -0.1) is 12.4 Å². The smallest absolute Gasteiger partial charge is 0.137 e. The molecule has 0 unspecified atom stereocenters. The summed E-state index contributed by atoms with van der Waals surface area (Å²) >= 11 is 3.47. The van der Waals surface area contributed by atoms with Crippen LogP contribution in [-0.2, 0) is 4.74 Å². The van der Waals surface area contributed by atoms with Crippen molar-refractivity contribution in [2.75, 3.05) is 27.4 Å². The van der Waals surface area contributed by atoms with Crippen LogP contribution in [0, 0.1) is 5.92 Å². The Balaban J connectivity index is 0.00000200. The van der Waals surface area contributed by atoms with E-state index in [-0.39, 0.29) is 18.4 Å². The minimum atomic E-state index is -0.0141. The van der Waals surface area contributed by atoms with Crippen LogP contribution in [0.15, 0.2) is 16.6 Å². The van der Waals surface area contributed by atoms with Crippen LogP contribution in [0.1, 0.15) is 24.4 Å². The van der Waals surface area contributed by atoms with Gasteiger partial charge in [0.25, 0.3) is 0 Å². The van der Waals surface area contributed by atoms with E-state index < -0.39 is 0 Å². The molecular formula is C14H21BrClNO3. The molecule has 1 aliphatic rings. The van der Waals surface area contributed by atoms with Gasteiger partial charge in [0.2, 0.25) is 0 Å². The van der Waals surface area contributed by atoms with Crippen LogP contribution in [0.25, 0.3) is 0 Å². The second-order valence-electron chi connectivity index (χ2n) is 4.71. The molecule has 2 N–H and O–H groups in total. The summed E-state index contributed by atoms with van der Waals surface area (Å²) in [6.07, 6.45) is 2.00. The molecule has 1 aromatic carbocycles. The number of ether oxygens (including phenoxy) is 3. The zero-order chi connectivity index (χ0) is 13.8. The van der Waals surface area contributed by atoms with Gasteiger partial charge in [-0.1, -0.05) is 0 Å². The molecule has 20 heavy (non-hydrogen) atoms. The van der Waals surface area contributed by atoms with Gasteiger partial charge >= 0.3 is 0 Å². The summed E-state index contributed by atoms with van der Waals surface area (Å²) in [4.78, 5) is 0. The molecule has 1 aliphatic heterocycles. The topological polar surface area (TPSA) is 53.7 Å². The Labute approximate surface area is 134 Å². The average Bonchev–Trinajstić information content (AvgIpc) is 2.47. The van der Waals surface area contributed by atoms with Crippen LogP contribution in [0.4, 0.5) is 0 Å². The number of benzene rings is 1. The van der Waals surface area contributed by atoms with Gasteiger partial charge < -0.3 is 19.9 Å². The molecule has 0 amide bonds. The number of halogens is 2. The average molecular weight is 367 g/mol. The molecule has 4 nitrogen and oxygen atoms in total. The van der Waals surface area contributed by atoms with Gasteiger partial charge in [0.05, 0.1) is 14.2 Å². The normalized spacial score (nSPS) is 17.2. The van der Waals surface area contributed by atoms with Crippen molar-refractivity contribution in [2.24, 2.45) is 11.7 Å². The predicted octanol–water partition coefficient (Wildman–Crippen LogP) is 3.31. The Morgan fingerprint density at radius 3 is 2.15 bits per heavy atom. The minimum absolute atomic E-state index is 0. The molecule has 1 atom stereocenters. The third kappa shape index (κ3) is 3.79. The highest BCUT2D eigenvalue weighted by Crippen LogP contribution is 2.39. The summed E-state index contributed by atoms with van der Waals surface area (Å²) in [5.74, 6) is 1.94. The van der Waals surface area contributed by atoms with Crippen molar-refractivity contribution in [3.63, 3.8) is 0 Å². The lowest BCUT2D eigenvalue weighted by Gasteiger charge is -2.28. The second-order valence-corrected chi connectivity index (χ2v) is 5.51. The molecule has 114 valence electrons. The molecule has 0 aliphatic carbocycles. The highest BCUT2D eigenvalue weighted by atomic mass is 79.9. The van der Waals surface area contributed by atoms with Gasteiger partial charge in [-0.05, 0) is 52.4 Å². The Hall–Kier alpha value is -0.490. The van der Waals surface area contributed by atoms with E-state index in [9.17, 15) is 0 Å². The maximum Gasteiger partial charge on any atom is 0.137 e. The van der Waals surface area contributed by atoms with E-state index in [2.05, 4.69) is 15.9 Å². The van der Waals surface area contributed by atoms with E-state index in [1.807, 2.05) is 12.1 Å². The molecule has 0 radical (unpaired) electrons. The number of nitrogens with two attached hydrogens (primary N) is 1. The molecular weight excluding hydrogens is 346 g/mol. The summed E-state index contributed by atoms with van der Waals surface area (Å²) in [5, 5.41) is 0. The van der Waals surface area contributed by atoms with Crippen LogP contribution < -0.4 is 15.2 Å². The lowest BCUT2D eigenvalue weighted by molar-refractivity contribution is 0.0583. The summed E-state index contributed by atoms with van der Waals surface area (Å²) < 4.78 is 16.9. The first-order valence-corrected chi connectivity index (χ1v) is 7.21. The van der Waals surface area contributed by atoms with Crippen LogP contribution in [0.3, 0.4) is 0 Å². The lowest BCUT2D eigenvalue weighted by atomic mass is 9.87. The Bertz CT molecular complexity index is 413. The van der Waals surface area contributed by atoms with Crippen molar-refractivity contribution < 1.29 is 14.2 Å². The first kappa shape index (κ1) is 17.6. The van der Waals surface area contributed by atoms with Gasteiger partial charge in [-0.3, -0.25) is 0 Å². The predicted molar refractivity (Wildman–Crippen MR) is 85.0 cm³/mol. The van der Waals surface area contributed by atoms with Crippen LogP contribution >= 0.6 is 28.3 Å². The molecule has 1 fully saturated rings. The van der Waals surface area contributed by atoms with Crippen molar-refractivity contribution in [1.29, 1.82) is 0 Å². The minimum Gasteiger partial charge on any atom is -0.495 e. The zero-order valence-electron chi connectivity index (χ0n) is 11.7. The van der Waals surface area contributed by atoms with E-state index >= 15 is 0 Å². The second kappa shape index (κ2) is 8.08. The molecule has 1 saturated heterocycles. The molecule has 0 spiro atoms. The summed E-state index contributed by atoms with van der Waals surface area (Å²) in [7, 11) is 3.28. The van der Waals surface area contributed by atoms with Crippen molar-refractivity contribution in [1.82, 2.24) is 0 Å². The van der Waals surface area contributed by atoms with Gasteiger partial charge in [0, 0.05) is 19.3 Å². The van der Waals surface area contributed by atoms with Gasteiger partial charge in [0.1, 0.15) is 16.0 Å². The van der Waals surface area contributed by atoms with E-state index in [1.165, 1.54) is 0 Å². The lowest BCUT2D eigenvalue weighted by Crippen LogP contribution is -2.27. The fourth-order valence-corrected chi connectivity index (χ4v) is 2.98. The molecule has 0 saturated carbocycles. The highest BCUT2D eigenvalue weighted by molar-refractivity contribution is 9.10. The van der Waals surface area contributed by atoms with Crippen LogP contribution in [-0.4, -0.2) is 27.4 Å². The molecule has 2 rings (SSSR count). The Morgan fingerprint density at radius 2 is 1.70 bits per heavy atom. The fraction of sp³-hybridized carbons (Fsp3) is 0.571. The molecule has 0 aromatic heterocycles. The summed E-state index contributed by atoms with van der Waals surface area (Å²) in [5.41, 5.74) is 7.43. The third-order valence-electron chi connectivity index (χ3n) is 3.63. The molecule has 0 bridgehead atoms. The maximum atomic E-state index is 6.39. The summed E-state index contributed by atoms with van der Waals surface area (Å²) in [6, 6.07) is 3.94. The van der Waals surface area contributed by atoms with E-state index in [0.29, 0.717) is 5.92 Å². The van der Waals surface area contributed by atoms with Crippen LogP contribution in [0.5, 0.6) is 11.5 Å². The number of hydrogen-bond acceptors (Lipinski definition) is 4. The van der Waals surface area contributed by atoms with Crippen molar-refractivity contribution in [3.05, 3.63) is 22.2 Å². The van der Waals surface area contributed by atoms with Crippen LogP contribution in [0.2, 0.25) is 0 Å². The number of methoxy groups -OCH3 is 2. The molecule has 1 aromatic rings. The van der Waals surface area contributed by atoms with Gasteiger partial charge in [-0.25, -0.2) is 0 Å². The monoisotopic (exact) mass is 365 g/mol. The largest absolute Gasteiger partial charge is 0.495 e. The number of rotatable bonds is 4. The first-order chi connectivity index (χ1) is 9.17. The maximum absolute atomic E-state index is 6.39. The highest BCUT2D eigenvalue weighted by Gasteiger charge is 2.24. The van der Waals surface area contributed by atoms with Gasteiger partial charge in [-0.2, -0.15) is 0 Å².